The van der Waals surface area contributed by atoms with E-state index in [9.17, 15) is 4.79 Å². The van der Waals surface area contributed by atoms with Gasteiger partial charge in [0, 0.05) is 24.9 Å². The molecule has 0 bridgehead atoms. The van der Waals surface area contributed by atoms with E-state index in [1.54, 1.807) is 0 Å². The van der Waals surface area contributed by atoms with E-state index in [2.05, 4.69) is 41.3 Å². The molecule has 2 unspecified atom stereocenters. The number of hydrogen-bond acceptors (Lipinski definition) is 2. The molecule has 2 aromatic carbocycles. The minimum absolute atomic E-state index is 0.0607. The standard InChI is InChI=1S/C19H22N2O/c20-19(22)17-11-12-21(13-15-7-3-1-4-8-15)14-18(17)16-9-5-2-6-10-16/h1-10,17-18H,11-14H2,(H2,20,22). The van der Waals surface area contributed by atoms with Gasteiger partial charge >= 0.3 is 0 Å². The van der Waals surface area contributed by atoms with Crippen LogP contribution in [-0.2, 0) is 11.3 Å². The Balaban J connectivity index is 1.77. The van der Waals surface area contributed by atoms with E-state index in [0.717, 1.165) is 26.1 Å². The molecule has 1 aliphatic rings. The first-order valence-corrected chi connectivity index (χ1v) is 7.84. The number of nitrogens with two attached hydrogens (primary N) is 1. The minimum Gasteiger partial charge on any atom is -0.369 e. The quantitative estimate of drug-likeness (QED) is 0.942. The number of rotatable bonds is 4. The summed E-state index contributed by atoms with van der Waals surface area (Å²) in [6, 6.07) is 20.8. The number of carbonyl (C=O) groups excluding carboxylic acids is 1. The summed E-state index contributed by atoms with van der Waals surface area (Å²) in [5, 5.41) is 0. The molecule has 0 aliphatic carbocycles. The lowest BCUT2D eigenvalue weighted by atomic mass is 9.80. The van der Waals surface area contributed by atoms with E-state index in [1.165, 1.54) is 11.1 Å². The highest BCUT2D eigenvalue weighted by molar-refractivity contribution is 5.78. The third-order valence-electron chi connectivity index (χ3n) is 4.54. The second kappa shape index (κ2) is 6.75. The molecule has 22 heavy (non-hydrogen) atoms. The lowest BCUT2D eigenvalue weighted by Gasteiger charge is -2.37. The predicted octanol–water partition coefficient (Wildman–Crippen LogP) is 2.78. The summed E-state index contributed by atoms with van der Waals surface area (Å²) in [7, 11) is 0. The summed E-state index contributed by atoms with van der Waals surface area (Å²) in [5.74, 6) is -0.0428. The molecule has 1 aliphatic heterocycles. The SMILES string of the molecule is NC(=O)C1CCN(Cc2ccccc2)CC1c1ccccc1. The monoisotopic (exact) mass is 294 g/mol. The van der Waals surface area contributed by atoms with Crippen molar-refractivity contribution < 1.29 is 4.79 Å². The van der Waals surface area contributed by atoms with Crippen LogP contribution in [0, 0.1) is 5.92 Å². The largest absolute Gasteiger partial charge is 0.369 e. The molecule has 1 fully saturated rings. The van der Waals surface area contributed by atoms with Crippen LogP contribution in [0.4, 0.5) is 0 Å². The van der Waals surface area contributed by atoms with Crippen LogP contribution in [0.15, 0.2) is 60.7 Å². The fraction of sp³-hybridized carbons (Fsp3) is 0.316. The van der Waals surface area contributed by atoms with Crippen molar-refractivity contribution in [3.8, 4) is 0 Å². The first-order chi connectivity index (χ1) is 10.7. The lowest BCUT2D eigenvalue weighted by molar-refractivity contribution is -0.124. The van der Waals surface area contributed by atoms with Crippen molar-refractivity contribution in [1.82, 2.24) is 4.90 Å². The minimum atomic E-state index is -0.173. The fourth-order valence-corrected chi connectivity index (χ4v) is 3.38. The maximum atomic E-state index is 11.8. The second-order valence-corrected chi connectivity index (χ2v) is 6.04. The molecule has 1 heterocycles. The third-order valence-corrected chi connectivity index (χ3v) is 4.54. The number of amides is 1. The number of piperidine rings is 1. The van der Waals surface area contributed by atoms with Crippen molar-refractivity contribution in [2.75, 3.05) is 13.1 Å². The van der Waals surface area contributed by atoms with Gasteiger partial charge in [-0.3, -0.25) is 9.69 Å². The normalized spacial score (nSPS) is 22.4. The zero-order chi connectivity index (χ0) is 15.4. The maximum absolute atomic E-state index is 11.8. The Labute approximate surface area is 131 Å². The molecule has 0 radical (unpaired) electrons. The van der Waals surface area contributed by atoms with Gasteiger partial charge in [0.15, 0.2) is 0 Å². The molecule has 0 saturated carbocycles. The average molecular weight is 294 g/mol. The van der Waals surface area contributed by atoms with Crippen LogP contribution in [0.1, 0.15) is 23.5 Å². The number of nitrogens with zero attached hydrogens (tertiary/aromatic N) is 1. The summed E-state index contributed by atoms with van der Waals surface area (Å²) in [4.78, 5) is 14.2. The molecule has 3 heteroatoms. The number of benzene rings is 2. The highest BCUT2D eigenvalue weighted by atomic mass is 16.1. The lowest BCUT2D eigenvalue weighted by Crippen LogP contribution is -2.43. The molecule has 1 amide bonds. The van der Waals surface area contributed by atoms with E-state index < -0.39 is 0 Å². The molecule has 0 aromatic heterocycles. The zero-order valence-corrected chi connectivity index (χ0v) is 12.7. The predicted molar refractivity (Wildman–Crippen MR) is 88.2 cm³/mol. The summed E-state index contributed by atoms with van der Waals surface area (Å²) in [6.07, 6.45) is 0.835. The summed E-state index contributed by atoms with van der Waals surface area (Å²) >= 11 is 0. The van der Waals surface area contributed by atoms with E-state index >= 15 is 0 Å². The molecule has 3 rings (SSSR count). The van der Waals surface area contributed by atoms with Crippen molar-refractivity contribution in [2.45, 2.75) is 18.9 Å². The molecule has 2 N–H and O–H groups in total. The van der Waals surface area contributed by atoms with Crippen molar-refractivity contribution in [1.29, 1.82) is 0 Å². The first-order valence-electron chi connectivity index (χ1n) is 7.84. The van der Waals surface area contributed by atoms with E-state index in [0.29, 0.717) is 0 Å². The molecule has 1 saturated heterocycles. The number of carbonyl (C=O) groups is 1. The Morgan fingerprint density at radius 2 is 1.68 bits per heavy atom. The van der Waals surface area contributed by atoms with Gasteiger partial charge in [-0.1, -0.05) is 60.7 Å². The molecule has 2 atom stereocenters. The second-order valence-electron chi connectivity index (χ2n) is 6.04. The first kappa shape index (κ1) is 14.8. The van der Waals surface area contributed by atoms with Gasteiger partial charge < -0.3 is 5.73 Å². The smallest absolute Gasteiger partial charge is 0.221 e. The Hall–Kier alpha value is -2.13. The molecule has 2 aromatic rings. The van der Waals surface area contributed by atoms with Gasteiger partial charge in [-0.2, -0.15) is 0 Å². The Kier molecular flexibility index (Phi) is 4.54. The van der Waals surface area contributed by atoms with Crippen LogP contribution in [0.3, 0.4) is 0 Å². The highest BCUT2D eigenvalue weighted by Gasteiger charge is 2.33. The van der Waals surface area contributed by atoms with Gasteiger partial charge in [-0.15, -0.1) is 0 Å². The van der Waals surface area contributed by atoms with Crippen LogP contribution in [0.25, 0.3) is 0 Å². The third kappa shape index (κ3) is 3.37. The summed E-state index contributed by atoms with van der Waals surface area (Å²) < 4.78 is 0. The fourth-order valence-electron chi connectivity index (χ4n) is 3.38. The van der Waals surface area contributed by atoms with Crippen molar-refractivity contribution in [3.63, 3.8) is 0 Å². The number of primary amides is 1. The Bertz CT molecular complexity index is 612. The molecule has 3 nitrogen and oxygen atoms in total. The van der Waals surface area contributed by atoms with Gasteiger partial charge in [0.25, 0.3) is 0 Å². The zero-order valence-electron chi connectivity index (χ0n) is 12.7. The molecular weight excluding hydrogens is 272 g/mol. The molecular formula is C19H22N2O. The highest BCUT2D eigenvalue weighted by Crippen LogP contribution is 2.32. The number of hydrogen-bond donors (Lipinski definition) is 1. The maximum Gasteiger partial charge on any atom is 0.221 e. The van der Waals surface area contributed by atoms with Gasteiger partial charge in [0.05, 0.1) is 0 Å². The van der Waals surface area contributed by atoms with Gasteiger partial charge in [-0.05, 0) is 24.1 Å². The van der Waals surface area contributed by atoms with Gasteiger partial charge in [-0.25, -0.2) is 0 Å². The van der Waals surface area contributed by atoms with Gasteiger partial charge in [0.2, 0.25) is 5.91 Å². The van der Waals surface area contributed by atoms with Crippen molar-refractivity contribution in [3.05, 3.63) is 71.8 Å². The van der Waals surface area contributed by atoms with E-state index in [-0.39, 0.29) is 17.7 Å². The van der Waals surface area contributed by atoms with Crippen LogP contribution >= 0.6 is 0 Å². The van der Waals surface area contributed by atoms with Crippen LogP contribution in [0.5, 0.6) is 0 Å². The van der Waals surface area contributed by atoms with Gasteiger partial charge in [0.1, 0.15) is 0 Å². The van der Waals surface area contributed by atoms with Crippen LogP contribution in [-0.4, -0.2) is 23.9 Å². The van der Waals surface area contributed by atoms with E-state index in [4.69, 9.17) is 5.73 Å². The van der Waals surface area contributed by atoms with Crippen LogP contribution < -0.4 is 5.73 Å². The molecule has 0 spiro atoms. The number of likely N-dealkylation sites (tertiary alicyclic amines) is 1. The molecule has 114 valence electrons. The summed E-state index contributed by atoms with van der Waals surface area (Å²) in [6.45, 7) is 2.73. The van der Waals surface area contributed by atoms with E-state index in [1.807, 2.05) is 24.3 Å². The summed E-state index contributed by atoms with van der Waals surface area (Å²) in [5.41, 5.74) is 8.16. The Morgan fingerprint density at radius 1 is 1.05 bits per heavy atom. The topological polar surface area (TPSA) is 46.3 Å². The average Bonchev–Trinajstić information content (AvgIpc) is 2.56. The van der Waals surface area contributed by atoms with Crippen molar-refractivity contribution in [2.24, 2.45) is 11.7 Å². The van der Waals surface area contributed by atoms with Crippen molar-refractivity contribution >= 4 is 5.91 Å². The Morgan fingerprint density at radius 3 is 2.32 bits per heavy atom. The van der Waals surface area contributed by atoms with Crippen LogP contribution in [0.2, 0.25) is 0 Å².